The van der Waals surface area contributed by atoms with Crippen LogP contribution in [0.3, 0.4) is 0 Å². The topological polar surface area (TPSA) is 69.0 Å². The molecule has 2 aromatic heterocycles. The van der Waals surface area contributed by atoms with E-state index in [0.717, 1.165) is 22.1 Å². The second-order valence-corrected chi connectivity index (χ2v) is 8.34. The van der Waals surface area contributed by atoms with Gasteiger partial charge >= 0.3 is 0 Å². The van der Waals surface area contributed by atoms with Crippen LogP contribution in [0.5, 0.6) is 5.75 Å². The van der Waals surface area contributed by atoms with E-state index in [1.54, 1.807) is 18.3 Å². The van der Waals surface area contributed by atoms with Crippen LogP contribution in [0.15, 0.2) is 72.4 Å². The van der Waals surface area contributed by atoms with Gasteiger partial charge in [0, 0.05) is 29.8 Å². The van der Waals surface area contributed by atoms with E-state index in [4.69, 9.17) is 16.3 Å². The summed E-state index contributed by atoms with van der Waals surface area (Å²) < 4.78 is 7.64. The predicted molar refractivity (Wildman–Crippen MR) is 121 cm³/mol. The molecule has 0 saturated carbocycles. The van der Waals surface area contributed by atoms with E-state index in [0.29, 0.717) is 17.3 Å². The molecule has 1 N–H and O–H groups in total. The number of ether oxygens (including phenoxy) is 1. The summed E-state index contributed by atoms with van der Waals surface area (Å²) >= 11 is 7.36. The van der Waals surface area contributed by atoms with Crippen LogP contribution < -0.4 is 10.1 Å². The zero-order valence-corrected chi connectivity index (χ0v) is 18.4. The van der Waals surface area contributed by atoms with E-state index in [-0.39, 0.29) is 18.4 Å². The highest BCUT2D eigenvalue weighted by atomic mass is 35.5. The molecule has 1 amide bonds. The summed E-state index contributed by atoms with van der Waals surface area (Å²) in [6, 6.07) is 16.7. The molecule has 2 aromatic carbocycles. The minimum Gasteiger partial charge on any atom is -0.486 e. The number of hydrogen-bond donors (Lipinski definition) is 1. The van der Waals surface area contributed by atoms with E-state index in [9.17, 15) is 4.79 Å². The van der Waals surface area contributed by atoms with Crippen molar-refractivity contribution in [2.24, 2.45) is 7.05 Å². The highest BCUT2D eigenvalue weighted by Crippen LogP contribution is 2.21. The van der Waals surface area contributed by atoms with Crippen molar-refractivity contribution in [1.29, 1.82) is 0 Å². The van der Waals surface area contributed by atoms with Gasteiger partial charge in [-0.1, -0.05) is 41.9 Å². The van der Waals surface area contributed by atoms with Gasteiger partial charge in [0.05, 0.1) is 12.1 Å². The Bertz CT molecular complexity index is 1140. The summed E-state index contributed by atoms with van der Waals surface area (Å²) in [5.41, 5.74) is 1.68. The summed E-state index contributed by atoms with van der Waals surface area (Å²) in [7, 11) is 1.91. The highest BCUT2D eigenvalue weighted by Gasteiger charge is 2.21. The number of nitrogens with one attached hydrogen (secondary N) is 1. The first-order valence-electron chi connectivity index (χ1n) is 9.71. The van der Waals surface area contributed by atoms with Gasteiger partial charge in [-0.3, -0.25) is 4.79 Å². The zero-order valence-electron chi connectivity index (χ0n) is 16.9. The molecule has 31 heavy (non-hydrogen) atoms. The minimum atomic E-state index is -0.333. The van der Waals surface area contributed by atoms with Crippen LogP contribution in [-0.2, 0) is 24.9 Å². The fraction of sp³-hybridized carbons (Fsp3) is 0.174. The number of nitrogens with zero attached hydrogens (tertiary/aromatic N) is 3. The van der Waals surface area contributed by atoms with Crippen LogP contribution in [0.1, 0.15) is 28.1 Å². The van der Waals surface area contributed by atoms with E-state index in [1.807, 2.05) is 65.7 Å². The average molecular weight is 453 g/mol. The Kier molecular flexibility index (Phi) is 6.64. The number of carbonyl (C=O) groups excluding carboxylic acids is 1. The quantitative estimate of drug-likeness (QED) is 0.425. The molecule has 4 rings (SSSR count). The molecule has 158 valence electrons. The number of amides is 1. The summed E-state index contributed by atoms with van der Waals surface area (Å²) in [5.74, 6) is 1.38. The van der Waals surface area contributed by atoms with Crippen molar-refractivity contribution in [3.63, 3.8) is 0 Å². The summed E-state index contributed by atoms with van der Waals surface area (Å²) in [6.45, 7) is 0.341. The SMILES string of the molecule is Cn1ccnc1[C@@H](NC(=O)Cc1csc(COc2ccc(Cl)cc2)n1)c1ccccc1. The van der Waals surface area contributed by atoms with Gasteiger partial charge in [0.2, 0.25) is 5.91 Å². The number of halogens is 1. The molecule has 0 aliphatic rings. The van der Waals surface area contributed by atoms with Crippen molar-refractivity contribution in [1.82, 2.24) is 19.9 Å². The van der Waals surface area contributed by atoms with Gasteiger partial charge in [-0.25, -0.2) is 9.97 Å². The molecule has 0 aliphatic heterocycles. The minimum absolute atomic E-state index is 0.118. The summed E-state index contributed by atoms with van der Waals surface area (Å²) in [5, 5.41) is 6.45. The fourth-order valence-electron chi connectivity index (χ4n) is 3.15. The molecule has 8 heteroatoms. The number of carbonyl (C=O) groups is 1. The lowest BCUT2D eigenvalue weighted by atomic mass is 10.1. The Morgan fingerprint density at radius 3 is 2.68 bits per heavy atom. The normalized spacial score (nSPS) is 11.8. The van der Waals surface area contributed by atoms with Crippen LogP contribution >= 0.6 is 22.9 Å². The van der Waals surface area contributed by atoms with Crippen LogP contribution in [-0.4, -0.2) is 20.4 Å². The average Bonchev–Trinajstić information content (AvgIpc) is 3.41. The van der Waals surface area contributed by atoms with Gasteiger partial charge in [-0.2, -0.15) is 0 Å². The number of aromatic nitrogens is 3. The molecule has 0 fully saturated rings. The third-order valence-electron chi connectivity index (χ3n) is 4.67. The van der Waals surface area contributed by atoms with Gasteiger partial charge in [0.25, 0.3) is 0 Å². The van der Waals surface area contributed by atoms with Gasteiger partial charge < -0.3 is 14.6 Å². The Morgan fingerprint density at radius 2 is 1.97 bits per heavy atom. The molecule has 0 aliphatic carbocycles. The highest BCUT2D eigenvalue weighted by molar-refractivity contribution is 7.09. The summed E-state index contributed by atoms with van der Waals surface area (Å²) in [4.78, 5) is 21.8. The third kappa shape index (κ3) is 5.51. The third-order valence-corrected chi connectivity index (χ3v) is 5.79. The second-order valence-electron chi connectivity index (χ2n) is 6.96. The standard InChI is InChI=1S/C23H21ClN4O2S/c1-28-12-11-25-23(28)22(16-5-3-2-4-6-16)27-20(29)13-18-15-31-21(26-18)14-30-19-9-7-17(24)8-10-19/h2-12,15,22H,13-14H2,1H3,(H,27,29)/t22-/m0/s1. The first kappa shape index (κ1) is 21.1. The van der Waals surface area contributed by atoms with Crippen LogP contribution in [0.25, 0.3) is 0 Å². The Labute approximate surface area is 189 Å². The fourth-order valence-corrected chi connectivity index (χ4v) is 3.98. The second kappa shape index (κ2) is 9.76. The predicted octanol–water partition coefficient (Wildman–Crippen LogP) is 4.56. The van der Waals surface area contributed by atoms with Crippen molar-refractivity contribution in [2.45, 2.75) is 19.1 Å². The number of benzene rings is 2. The van der Waals surface area contributed by atoms with E-state index >= 15 is 0 Å². The van der Waals surface area contributed by atoms with E-state index in [1.165, 1.54) is 11.3 Å². The maximum atomic E-state index is 12.8. The number of hydrogen-bond acceptors (Lipinski definition) is 5. The van der Waals surface area contributed by atoms with Gasteiger partial charge in [0.1, 0.15) is 29.2 Å². The maximum absolute atomic E-state index is 12.8. The van der Waals surface area contributed by atoms with Gasteiger partial charge in [-0.15, -0.1) is 11.3 Å². The summed E-state index contributed by atoms with van der Waals surface area (Å²) in [6.07, 6.45) is 3.78. The monoisotopic (exact) mass is 452 g/mol. The molecule has 0 spiro atoms. The van der Waals surface area contributed by atoms with Crippen LogP contribution in [0, 0.1) is 0 Å². The van der Waals surface area contributed by atoms with Crippen LogP contribution in [0.4, 0.5) is 0 Å². The largest absolute Gasteiger partial charge is 0.486 e. The molecular formula is C23H21ClN4O2S. The lowest BCUT2D eigenvalue weighted by Gasteiger charge is -2.19. The molecule has 6 nitrogen and oxygen atoms in total. The zero-order chi connectivity index (χ0) is 21.6. The number of rotatable bonds is 8. The lowest BCUT2D eigenvalue weighted by molar-refractivity contribution is -0.121. The molecule has 4 aromatic rings. The number of thiazole rings is 1. The molecule has 0 unspecified atom stereocenters. The number of imidazole rings is 1. The molecule has 0 radical (unpaired) electrons. The molecular weight excluding hydrogens is 432 g/mol. The van der Waals surface area contributed by atoms with Crippen molar-refractivity contribution >= 4 is 28.8 Å². The van der Waals surface area contributed by atoms with Crippen LogP contribution in [0.2, 0.25) is 5.02 Å². The number of aryl methyl sites for hydroxylation is 1. The van der Waals surface area contributed by atoms with Gasteiger partial charge in [0.15, 0.2) is 0 Å². The molecule has 0 saturated heterocycles. The Balaban J connectivity index is 1.39. The maximum Gasteiger partial charge on any atom is 0.226 e. The van der Waals surface area contributed by atoms with Crippen molar-refractivity contribution < 1.29 is 9.53 Å². The Morgan fingerprint density at radius 1 is 1.19 bits per heavy atom. The van der Waals surface area contributed by atoms with Crippen molar-refractivity contribution in [3.8, 4) is 5.75 Å². The van der Waals surface area contributed by atoms with E-state index < -0.39 is 0 Å². The van der Waals surface area contributed by atoms with Crippen molar-refractivity contribution in [3.05, 3.63) is 99.5 Å². The molecule has 2 heterocycles. The molecule has 1 atom stereocenters. The Hall–Kier alpha value is -3.16. The first-order valence-corrected chi connectivity index (χ1v) is 11.0. The van der Waals surface area contributed by atoms with Gasteiger partial charge in [-0.05, 0) is 29.8 Å². The smallest absolute Gasteiger partial charge is 0.226 e. The van der Waals surface area contributed by atoms with E-state index in [2.05, 4.69) is 15.3 Å². The molecule has 0 bridgehead atoms. The first-order chi connectivity index (χ1) is 15.1. The van der Waals surface area contributed by atoms with Crippen molar-refractivity contribution in [2.75, 3.05) is 0 Å². The lowest BCUT2D eigenvalue weighted by Crippen LogP contribution is -2.32.